The Balaban J connectivity index is 2.00. The minimum absolute atomic E-state index is 0.227. The number of ketones is 1. The predicted octanol–water partition coefficient (Wildman–Crippen LogP) is 1.80. The molecule has 0 fully saturated rings. The molecule has 1 amide bonds. The minimum atomic E-state index is -0.527. The largest absolute Gasteiger partial charge is 0.321 e. The maximum absolute atomic E-state index is 12.0. The lowest BCUT2D eigenvalue weighted by atomic mass is 10.1. The van der Waals surface area contributed by atoms with Gasteiger partial charge in [0.1, 0.15) is 11.0 Å². The van der Waals surface area contributed by atoms with E-state index in [-0.39, 0.29) is 6.54 Å². The first-order chi connectivity index (χ1) is 9.09. The molecule has 0 saturated heterocycles. The molecule has 0 atom stereocenters. The highest BCUT2D eigenvalue weighted by Crippen LogP contribution is 2.29. The van der Waals surface area contributed by atoms with Crippen LogP contribution in [-0.2, 0) is 18.4 Å². The smallest absolute Gasteiger partial charge is 0.299 e. The van der Waals surface area contributed by atoms with Crippen LogP contribution in [0, 0.1) is 0 Å². The average molecular weight is 276 g/mol. The second-order valence-corrected chi connectivity index (χ2v) is 4.68. The van der Waals surface area contributed by atoms with Gasteiger partial charge in [-0.2, -0.15) is 0 Å². The molecule has 5 nitrogen and oxygen atoms in total. The van der Waals surface area contributed by atoms with Crippen LogP contribution < -0.4 is 4.90 Å². The quantitative estimate of drug-likeness (QED) is 0.786. The lowest BCUT2D eigenvalue weighted by Crippen LogP contribution is -2.30. The van der Waals surface area contributed by atoms with Gasteiger partial charge in [-0.15, -0.1) is 0 Å². The van der Waals surface area contributed by atoms with Crippen LogP contribution in [0.1, 0.15) is 16.2 Å². The zero-order chi connectivity index (χ0) is 13.6. The first kappa shape index (κ1) is 11.9. The molecule has 19 heavy (non-hydrogen) atoms. The summed E-state index contributed by atoms with van der Waals surface area (Å²) in [5.74, 6) is -0.376. The molecule has 1 aromatic heterocycles. The van der Waals surface area contributed by atoms with Gasteiger partial charge in [0.05, 0.1) is 24.0 Å². The Hall–Kier alpha value is -2.14. The summed E-state index contributed by atoms with van der Waals surface area (Å²) in [6, 6.07) is 6.94. The summed E-state index contributed by atoms with van der Waals surface area (Å²) in [4.78, 5) is 29.4. The number of carbonyl (C=O) groups excluding carboxylic acids is 2. The molecule has 0 bridgehead atoms. The Morgan fingerprint density at radius 1 is 1.26 bits per heavy atom. The average Bonchev–Trinajstić information content (AvgIpc) is 2.86. The Labute approximate surface area is 114 Å². The predicted molar refractivity (Wildman–Crippen MR) is 70.2 cm³/mol. The van der Waals surface area contributed by atoms with Gasteiger partial charge in [-0.05, 0) is 12.1 Å². The van der Waals surface area contributed by atoms with Gasteiger partial charge in [-0.3, -0.25) is 14.5 Å². The number of carbonyl (C=O) groups is 2. The first-order valence-electron chi connectivity index (χ1n) is 5.71. The highest BCUT2D eigenvalue weighted by molar-refractivity contribution is 6.52. The Bertz CT molecular complexity index is 693. The molecule has 1 aromatic carbocycles. The third-order valence-electron chi connectivity index (χ3n) is 3.21. The number of benzene rings is 1. The summed E-state index contributed by atoms with van der Waals surface area (Å²) in [7, 11) is 1.76. The zero-order valence-corrected chi connectivity index (χ0v) is 10.9. The van der Waals surface area contributed by atoms with E-state index in [9.17, 15) is 9.59 Å². The summed E-state index contributed by atoms with van der Waals surface area (Å²) in [5.41, 5.74) is 1.06. The summed E-state index contributed by atoms with van der Waals surface area (Å²) in [6.45, 7) is 0.227. The van der Waals surface area contributed by atoms with E-state index >= 15 is 0 Å². The van der Waals surface area contributed by atoms with Crippen molar-refractivity contribution in [1.29, 1.82) is 0 Å². The number of fused-ring (bicyclic) bond motifs is 1. The molecule has 2 aromatic rings. The van der Waals surface area contributed by atoms with Gasteiger partial charge < -0.3 is 4.57 Å². The topological polar surface area (TPSA) is 55.2 Å². The fourth-order valence-electron chi connectivity index (χ4n) is 2.12. The van der Waals surface area contributed by atoms with Gasteiger partial charge in [0, 0.05) is 7.05 Å². The number of rotatable bonds is 2. The number of hydrogen-bond acceptors (Lipinski definition) is 3. The molecular formula is C13H10ClN3O2. The summed E-state index contributed by atoms with van der Waals surface area (Å²) in [5, 5.41) is 0.487. The number of Topliss-reactive ketones (excluding diaryl/α,β-unsaturated/α-hetero) is 1. The van der Waals surface area contributed by atoms with Crippen LogP contribution in [0.2, 0.25) is 5.15 Å². The van der Waals surface area contributed by atoms with E-state index in [2.05, 4.69) is 4.98 Å². The van der Waals surface area contributed by atoms with Crippen LogP contribution in [0.15, 0.2) is 30.5 Å². The molecule has 0 aliphatic carbocycles. The summed E-state index contributed by atoms with van der Waals surface area (Å²) < 4.78 is 1.68. The van der Waals surface area contributed by atoms with Crippen LogP contribution in [0.25, 0.3) is 0 Å². The third kappa shape index (κ3) is 1.74. The Kier molecular flexibility index (Phi) is 2.64. The molecule has 6 heteroatoms. The van der Waals surface area contributed by atoms with E-state index < -0.39 is 11.7 Å². The van der Waals surface area contributed by atoms with Gasteiger partial charge in [0.25, 0.3) is 11.7 Å². The van der Waals surface area contributed by atoms with Crippen LogP contribution in [0.5, 0.6) is 0 Å². The maximum atomic E-state index is 12.0. The number of para-hydroxylation sites is 1. The van der Waals surface area contributed by atoms with E-state index in [0.29, 0.717) is 22.2 Å². The van der Waals surface area contributed by atoms with Gasteiger partial charge in [-0.1, -0.05) is 23.7 Å². The zero-order valence-electron chi connectivity index (χ0n) is 10.1. The van der Waals surface area contributed by atoms with Crippen LogP contribution >= 0.6 is 11.6 Å². The Morgan fingerprint density at radius 2 is 2.00 bits per heavy atom. The molecule has 1 aliphatic heterocycles. The van der Waals surface area contributed by atoms with Gasteiger partial charge in [0.2, 0.25) is 0 Å². The molecule has 3 rings (SSSR count). The highest BCUT2D eigenvalue weighted by Gasteiger charge is 2.35. The van der Waals surface area contributed by atoms with Crippen LogP contribution in [0.3, 0.4) is 0 Å². The van der Waals surface area contributed by atoms with Crippen molar-refractivity contribution < 1.29 is 9.59 Å². The second kappa shape index (κ2) is 4.20. The fourth-order valence-corrected chi connectivity index (χ4v) is 2.26. The molecule has 0 radical (unpaired) electrons. The van der Waals surface area contributed by atoms with Crippen molar-refractivity contribution >= 4 is 29.0 Å². The SMILES string of the molecule is Cn1c(Cl)cnc1CN1C(=O)C(=O)c2ccccc21. The molecule has 1 aliphatic rings. The third-order valence-corrected chi connectivity index (χ3v) is 3.56. The molecule has 0 N–H and O–H groups in total. The standard InChI is InChI=1S/C13H10ClN3O2/c1-16-10(14)6-15-11(16)7-17-9-5-3-2-4-8(9)12(18)13(17)19/h2-6H,7H2,1H3. The van der Waals surface area contributed by atoms with Crippen molar-refractivity contribution in [1.82, 2.24) is 9.55 Å². The van der Waals surface area contributed by atoms with Crippen LogP contribution in [-0.4, -0.2) is 21.2 Å². The van der Waals surface area contributed by atoms with Gasteiger partial charge >= 0.3 is 0 Å². The molecule has 2 heterocycles. The highest BCUT2D eigenvalue weighted by atomic mass is 35.5. The monoisotopic (exact) mass is 275 g/mol. The number of anilines is 1. The summed E-state index contributed by atoms with van der Waals surface area (Å²) >= 11 is 5.91. The molecule has 0 unspecified atom stereocenters. The van der Waals surface area contributed by atoms with E-state index in [1.807, 2.05) is 0 Å². The Morgan fingerprint density at radius 3 is 2.68 bits per heavy atom. The van der Waals surface area contributed by atoms with Crippen LogP contribution in [0.4, 0.5) is 5.69 Å². The van der Waals surface area contributed by atoms with Crippen molar-refractivity contribution in [2.24, 2.45) is 7.05 Å². The number of aromatic nitrogens is 2. The lowest BCUT2D eigenvalue weighted by molar-refractivity contribution is -0.114. The molecule has 0 saturated carbocycles. The second-order valence-electron chi connectivity index (χ2n) is 4.29. The summed E-state index contributed by atoms with van der Waals surface area (Å²) in [6.07, 6.45) is 1.52. The van der Waals surface area contributed by atoms with Gasteiger partial charge in [-0.25, -0.2) is 4.98 Å². The number of hydrogen-bond donors (Lipinski definition) is 0. The molecule has 96 valence electrons. The van der Waals surface area contributed by atoms with Crippen molar-refractivity contribution in [2.45, 2.75) is 6.54 Å². The molecular weight excluding hydrogens is 266 g/mol. The number of nitrogens with zero attached hydrogens (tertiary/aromatic N) is 3. The van der Waals surface area contributed by atoms with E-state index in [0.717, 1.165) is 0 Å². The number of imidazole rings is 1. The van der Waals surface area contributed by atoms with E-state index in [4.69, 9.17) is 11.6 Å². The van der Waals surface area contributed by atoms with Crippen molar-refractivity contribution in [3.8, 4) is 0 Å². The van der Waals surface area contributed by atoms with Crippen molar-refractivity contribution in [3.63, 3.8) is 0 Å². The molecule has 0 spiro atoms. The lowest BCUT2D eigenvalue weighted by Gasteiger charge is -2.16. The van der Waals surface area contributed by atoms with E-state index in [1.54, 1.807) is 35.9 Å². The number of amides is 1. The fraction of sp³-hybridized carbons (Fsp3) is 0.154. The normalized spacial score (nSPS) is 14.1. The van der Waals surface area contributed by atoms with Gasteiger partial charge in [0.15, 0.2) is 0 Å². The number of halogens is 1. The maximum Gasteiger partial charge on any atom is 0.299 e. The minimum Gasteiger partial charge on any atom is -0.321 e. The van der Waals surface area contributed by atoms with E-state index in [1.165, 1.54) is 11.1 Å². The van der Waals surface area contributed by atoms with Crippen molar-refractivity contribution in [3.05, 3.63) is 47.0 Å². The first-order valence-corrected chi connectivity index (χ1v) is 6.08. The van der Waals surface area contributed by atoms with Crippen molar-refractivity contribution in [2.75, 3.05) is 4.90 Å².